The van der Waals surface area contributed by atoms with Gasteiger partial charge in [0.15, 0.2) is 0 Å². The molecule has 0 saturated heterocycles. The minimum Gasteiger partial charge on any atom is -0.433 e. The first-order valence-corrected chi connectivity index (χ1v) is 8.57. The molecule has 1 atom stereocenters. The Hall–Kier alpha value is -1.25. The SMILES string of the molecule is CCN(CC)[C@H](C)CNS(=O)(=O)c1ccccc1OC(F)F. The molecule has 1 aromatic rings. The number of likely N-dealkylation sites (N-methyl/N-ethyl adjacent to an activating group) is 1. The minimum absolute atomic E-state index is 0.00652. The van der Waals surface area contributed by atoms with Gasteiger partial charge in [0, 0.05) is 12.6 Å². The van der Waals surface area contributed by atoms with E-state index in [0.29, 0.717) is 0 Å². The predicted octanol–water partition coefficient (Wildman–Crippen LogP) is 2.30. The number of rotatable bonds is 9. The molecule has 5 nitrogen and oxygen atoms in total. The molecule has 0 amide bonds. The fourth-order valence-corrected chi connectivity index (χ4v) is 3.40. The molecule has 0 radical (unpaired) electrons. The second-order valence-corrected chi connectivity index (χ2v) is 6.48. The highest BCUT2D eigenvalue weighted by atomic mass is 32.2. The van der Waals surface area contributed by atoms with E-state index in [1.165, 1.54) is 24.3 Å². The molecule has 1 aromatic carbocycles. The van der Waals surface area contributed by atoms with Crippen LogP contribution in [-0.2, 0) is 10.0 Å². The smallest absolute Gasteiger partial charge is 0.387 e. The van der Waals surface area contributed by atoms with Crippen molar-refractivity contribution in [1.29, 1.82) is 0 Å². The van der Waals surface area contributed by atoms with Crippen molar-refractivity contribution in [2.45, 2.75) is 38.3 Å². The van der Waals surface area contributed by atoms with Crippen LogP contribution in [0.2, 0.25) is 0 Å². The molecule has 1 N–H and O–H groups in total. The highest BCUT2D eigenvalue weighted by Crippen LogP contribution is 2.24. The van der Waals surface area contributed by atoms with E-state index in [1.807, 2.05) is 20.8 Å². The number of para-hydroxylation sites is 1. The van der Waals surface area contributed by atoms with Crippen LogP contribution in [0.3, 0.4) is 0 Å². The Morgan fingerprint density at radius 2 is 1.82 bits per heavy atom. The fourth-order valence-electron chi connectivity index (χ4n) is 2.15. The first-order valence-electron chi connectivity index (χ1n) is 7.09. The van der Waals surface area contributed by atoms with E-state index in [0.717, 1.165) is 13.1 Å². The van der Waals surface area contributed by atoms with Crippen LogP contribution in [0.1, 0.15) is 20.8 Å². The lowest BCUT2D eigenvalue weighted by atomic mass is 10.3. The summed E-state index contributed by atoms with van der Waals surface area (Å²) in [5.74, 6) is -0.361. The molecule has 0 heterocycles. The molecule has 0 unspecified atom stereocenters. The van der Waals surface area contributed by atoms with Crippen molar-refractivity contribution in [1.82, 2.24) is 9.62 Å². The molecular weight excluding hydrogens is 314 g/mol. The van der Waals surface area contributed by atoms with Gasteiger partial charge in [0.2, 0.25) is 10.0 Å². The molecule has 0 aliphatic carbocycles. The lowest BCUT2D eigenvalue weighted by Crippen LogP contribution is -2.42. The van der Waals surface area contributed by atoms with E-state index in [9.17, 15) is 17.2 Å². The predicted molar refractivity (Wildman–Crippen MR) is 80.6 cm³/mol. The van der Waals surface area contributed by atoms with E-state index >= 15 is 0 Å². The van der Waals surface area contributed by atoms with Gasteiger partial charge in [-0.05, 0) is 32.1 Å². The number of ether oxygens (including phenoxy) is 1. The molecule has 22 heavy (non-hydrogen) atoms. The summed E-state index contributed by atoms with van der Waals surface area (Å²) in [6, 6.07) is 5.33. The number of hydrogen-bond acceptors (Lipinski definition) is 4. The zero-order valence-electron chi connectivity index (χ0n) is 12.9. The maximum absolute atomic E-state index is 12.4. The Labute approximate surface area is 130 Å². The average molecular weight is 336 g/mol. The number of nitrogens with zero attached hydrogens (tertiary/aromatic N) is 1. The van der Waals surface area contributed by atoms with Crippen molar-refractivity contribution >= 4 is 10.0 Å². The lowest BCUT2D eigenvalue weighted by molar-refractivity contribution is -0.0517. The average Bonchev–Trinajstić information content (AvgIpc) is 2.46. The number of alkyl halides is 2. The molecule has 1 rings (SSSR count). The van der Waals surface area contributed by atoms with Gasteiger partial charge in [-0.1, -0.05) is 26.0 Å². The molecule has 0 aliphatic rings. The van der Waals surface area contributed by atoms with Crippen molar-refractivity contribution in [2.75, 3.05) is 19.6 Å². The van der Waals surface area contributed by atoms with E-state index in [2.05, 4.69) is 14.4 Å². The first kappa shape index (κ1) is 18.8. The number of sulfonamides is 1. The van der Waals surface area contributed by atoms with Crippen molar-refractivity contribution in [3.05, 3.63) is 24.3 Å². The van der Waals surface area contributed by atoms with Crippen LogP contribution < -0.4 is 9.46 Å². The van der Waals surface area contributed by atoms with Crippen LogP contribution >= 0.6 is 0 Å². The van der Waals surface area contributed by atoms with Crippen molar-refractivity contribution in [3.8, 4) is 5.75 Å². The summed E-state index contributed by atoms with van der Waals surface area (Å²) >= 11 is 0. The zero-order chi connectivity index (χ0) is 16.8. The minimum atomic E-state index is -3.92. The number of halogens is 2. The lowest BCUT2D eigenvalue weighted by Gasteiger charge is -2.26. The van der Waals surface area contributed by atoms with Crippen molar-refractivity contribution in [3.63, 3.8) is 0 Å². The highest BCUT2D eigenvalue weighted by molar-refractivity contribution is 7.89. The van der Waals surface area contributed by atoms with Gasteiger partial charge in [-0.2, -0.15) is 8.78 Å². The maximum atomic E-state index is 12.4. The molecule has 0 aliphatic heterocycles. The summed E-state index contributed by atoms with van der Waals surface area (Å²) < 4.78 is 56.0. The number of benzene rings is 1. The standard InChI is InChI=1S/C14H22F2N2O3S/c1-4-18(5-2)11(3)10-17-22(19,20)13-9-7-6-8-12(13)21-14(15)16/h6-9,11,14,17H,4-5,10H2,1-3H3/t11-/m1/s1. The molecule has 0 bridgehead atoms. The summed E-state index contributed by atoms with van der Waals surface area (Å²) in [5, 5.41) is 0. The van der Waals surface area contributed by atoms with Crippen LogP contribution in [0.4, 0.5) is 8.78 Å². The van der Waals surface area contributed by atoms with E-state index in [4.69, 9.17) is 0 Å². The normalized spacial score (nSPS) is 13.6. The summed E-state index contributed by atoms with van der Waals surface area (Å²) in [7, 11) is -3.92. The van der Waals surface area contributed by atoms with Gasteiger partial charge in [-0.3, -0.25) is 4.90 Å². The van der Waals surface area contributed by atoms with E-state index in [-0.39, 0.29) is 23.2 Å². The van der Waals surface area contributed by atoms with E-state index in [1.54, 1.807) is 0 Å². The summed E-state index contributed by atoms with van der Waals surface area (Å²) in [4.78, 5) is 1.80. The van der Waals surface area contributed by atoms with Gasteiger partial charge in [0.1, 0.15) is 10.6 Å². The van der Waals surface area contributed by atoms with Gasteiger partial charge in [0.05, 0.1) is 0 Å². The van der Waals surface area contributed by atoms with Crippen molar-refractivity contribution in [2.24, 2.45) is 0 Å². The molecule has 0 fully saturated rings. The number of hydrogen-bond donors (Lipinski definition) is 1. The second-order valence-electron chi connectivity index (χ2n) is 4.75. The Morgan fingerprint density at radius 1 is 1.23 bits per heavy atom. The third kappa shape index (κ3) is 5.19. The zero-order valence-corrected chi connectivity index (χ0v) is 13.7. The number of nitrogens with one attached hydrogen (secondary N) is 1. The van der Waals surface area contributed by atoms with Gasteiger partial charge >= 0.3 is 6.61 Å². The highest BCUT2D eigenvalue weighted by Gasteiger charge is 2.22. The molecule has 0 spiro atoms. The Balaban J connectivity index is 2.87. The Morgan fingerprint density at radius 3 is 2.36 bits per heavy atom. The third-order valence-corrected chi connectivity index (χ3v) is 4.82. The first-order chi connectivity index (χ1) is 10.3. The summed E-state index contributed by atoms with van der Waals surface area (Å²) in [6.07, 6.45) is 0. The second kappa shape index (κ2) is 8.40. The van der Waals surface area contributed by atoms with Gasteiger partial charge in [0.25, 0.3) is 0 Å². The van der Waals surface area contributed by atoms with Crippen LogP contribution in [0.25, 0.3) is 0 Å². The molecule has 0 aromatic heterocycles. The van der Waals surface area contributed by atoms with E-state index < -0.39 is 16.6 Å². The quantitative estimate of drug-likeness (QED) is 0.752. The molecule has 8 heteroatoms. The van der Waals surface area contributed by atoms with Crippen LogP contribution in [0.5, 0.6) is 5.75 Å². The fraction of sp³-hybridized carbons (Fsp3) is 0.571. The van der Waals surface area contributed by atoms with Crippen LogP contribution in [0.15, 0.2) is 29.2 Å². The molecule has 126 valence electrons. The van der Waals surface area contributed by atoms with Gasteiger partial charge < -0.3 is 4.74 Å². The summed E-state index contributed by atoms with van der Waals surface area (Å²) in [5.41, 5.74) is 0. The van der Waals surface area contributed by atoms with Crippen LogP contribution in [0, 0.1) is 0 Å². The van der Waals surface area contributed by atoms with Gasteiger partial charge in [-0.15, -0.1) is 0 Å². The third-order valence-electron chi connectivity index (χ3n) is 3.36. The maximum Gasteiger partial charge on any atom is 0.387 e. The largest absolute Gasteiger partial charge is 0.433 e. The topological polar surface area (TPSA) is 58.6 Å². The Bertz CT molecular complexity index is 563. The van der Waals surface area contributed by atoms with Crippen molar-refractivity contribution < 1.29 is 21.9 Å². The molecule has 0 saturated carbocycles. The van der Waals surface area contributed by atoms with Crippen LogP contribution in [-0.4, -0.2) is 45.6 Å². The van der Waals surface area contributed by atoms with Gasteiger partial charge in [-0.25, -0.2) is 13.1 Å². The molecular formula is C14H22F2N2O3S. The monoisotopic (exact) mass is 336 g/mol. The Kier molecular flexibility index (Phi) is 7.18. The summed E-state index contributed by atoms with van der Waals surface area (Å²) in [6.45, 7) is 4.57.